The molecule has 1 aromatic carbocycles. The van der Waals surface area contributed by atoms with E-state index in [-0.39, 0.29) is 24.2 Å². The molecule has 1 saturated heterocycles. The van der Waals surface area contributed by atoms with Crippen LogP contribution in [0.15, 0.2) is 36.8 Å². The lowest BCUT2D eigenvalue weighted by molar-refractivity contribution is -0.198. The molecule has 4 rings (SSSR count). The summed E-state index contributed by atoms with van der Waals surface area (Å²) in [6.07, 6.45) is -9.32. The zero-order chi connectivity index (χ0) is 32.3. The first kappa shape index (κ1) is 13.5. The molecule has 1 aliphatic rings. The number of nitrogen functional groups attached to an aromatic ring is 1. The zero-order valence-corrected chi connectivity index (χ0v) is 16.9. The number of ether oxygens (including phenoxy) is 1. The number of nitrogens with zero attached hydrogens (tertiary/aromatic N) is 3. The molecule has 33 heavy (non-hydrogen) atoms. The number of nitrogens with one attached hydrogen (secondary N) is 1. The van der Waals surface area contributed by atoms with Gasteiger partial charge in [0.25, 0.3) is 0 Å². The molecule has 0 radical (unpaired) electrons. The van der Waals surface area contributed by atoms with E-state index >= 15 is 0 Å². The minimum absolute atomic E-state index is 0.0396. The maximum atomic E-state index is 14.8. The Morgan fingerprint density at radius 3 is 2.73 bits per heavy atom. The highest BCUT2D eigenvalue weighted by molar-refractivity contribution is 5.66. The van der Waals surface area contributed by atoms with Gasteiger partial charge in [0.2, 0.25) is 6.10 Å². The second-order valence-corrected chi connectivity index (χ2v) is 7.15. The molecule has 3 heterocycles. The van der Waals surface area contributed by atoms with Gasteiger partial charge in [0.05, 0.1) is 12.2 Å². The van der Waals surface area contributed by atoms with Gasteiger partial charge in [0, 0.05) is 42.8 Å². The van der Waals surface area contributed by atoms with Gasteiger partial charge >= 0.3 is 6.18 Å². The summed E-state index contributed by atoms with van der Waals surface area (Å²) in [5.41, 5.74) is 1.97. The van der Waals surface area contributed by atoms with Gasteiger partial charge in [-0.05, 0) is 62.8 Å². The number of hydrogen-bond donors (Lipinski definition) is 2. The van der Waals surface area contributed by atoms with E-state index < -0.39 is 78.8 Å². The highest BCUT2D eigenvalue weighted by Gasteiger charge is 2.45. The topological polar surface area (TPSA) is 78.0 Å². The molecule has 3 aromatic rings. The predicted molar refractivity (Wildman–Crippen MR) is 116 cm³/mol. The number of aryl methyl sites for hydroxylation is 1. The number of alkyl halides is 3. The Labute approximate surface area is 202 Å². The minimum atomic E-state index is -5.46. The van der Waals surface area contributed by atoms with Crippen molar-refractivity contribution in [3.8, 4) is 16.9 Å². The summed E-state index contributed by atoms with van der Waals surface area (Å²) in [7, 11) is 0. The van der Waals surface area contributed by atoms with Crippen molar-refractivity contribution in [3.63, 3.8) is 0 Å². The first-order chi connectivity index (χ1) is 19.5. The van der Waals surface area contributed by atoms with E-state index in [9.17, 15) is 17.6 Å². The van der Waals surface area contributed by atoms with Crippen molar-refractivity contribution >= 4 is 5.82 Å². The molecular weight excluding hydrogens is 438 g/mol. The third-order valence-corrected chi connectivity index (χ3v) is 4.92. The molecule has 0 spiro atoms. The number of halogens is 4. The van der Waals surface area contributed by atoms with Crippen LogP contribution in [0.4, 0.5) is 23.4 Å². The summed E-state index contributed by atoms with van der Waals surface area (Å²) >= 11 is 0. The van der Waals surface area contributed by atoms with Crippen LogP contribution in [0.3, 0.4) is 0 Å². The highest BCUT2D eigenvalue weighted by Crippen LogP contribution is 2.41. The monoisotopic (exact) mass is 473 g/mol. The molecule has 176 valence electrons. The van der Waals surface area contributed by atoms with E-state index in [1.165, 1.54) is 12.4 Å². The van der Waals surface area contributed by atoms with Crippen LogP contribution in [-0.2, 0) is 0 Å². The van der Waals surface area contributed by atoms with Crippen LogP contribution >= 0.6 is 0 Å². The van der Waals surface area contributed by atoms with Crippen LogP contribution in [-0.4, -0.2) is 34.0 Å². The summed E-state index contributed by atoms with van der Waals surface area (Å²) < 4.78 is 143. The van der Waals surface area contributed by atoms with Crippen LogP contribution in [0.25, 0.3) is 11.1 Å². The Balaban J connectivity index is 1.82. The largest absolute Gasteiger partial charge is 0.472 e. The van der Waals surface area contributed by atoms with E-state index in [4.69, 9.17) is 24.2 Å². The van der Waals surface area contributed by atoms with E-state index in [2.05, 4.69) is 15.4 Å². The molecule has 1 fully saturated rings. The summed E-state index contributed by atoms with van der Waals surface area (Å²) in [4.78, 5) is 3.82. The molecule has 2 aromatic heterocycles. The molecule has 10 heteroatoms. The van der Waals surface area contributed by atoms with Crippen LogP contribution in [0.2, 0.25) is 0 Å². The lowest BCUT2D eigenvalue weighted by Gasteiger charge is -2.26. The summed E-state index contributed by atoms with van der Waals surface area (Å²) in [6.45, 7) is -7.12. The quantitative estimate of drug-likeness (QED) is 0.516. The molecule has 1 aliphatic heterocycles. The van der Waals surface area contributed by atoms with Gasteiger partial charge in [-0.2, -0.15) is 18.3 Å². The Hall–Kier alpha value is -3.14. The van der Waals surface area contributed by atoms with Crippen LogP contribution in [0.5, 0.6) is 5.75 Å². The number of rotatable bonds is 5. The molecule has 3 N–H and O–H groups in total. The Kier molecular flexibility index (Phi) is 3.70. The van der Waals surface area contributed by atoms with Crippen molar-refractivity contribution in [3.05, 3.63) is 59.3 Å². The first-order valence-corrected chi connectivity index (χ1v) is 9.61. The number of piperidine rings is 1. The SMILES string of the molecule is [2H]C([2H])([2H])c1ccc(F)c(C([2H])([2H])[2H])c1C(Oc1cc(-c2cnn(C3C([2H])([2H])CNCC3([2H])[2H])c2)cnc1N)C(F)(F)F. The van der Waals surface area contributed by atoms with Crippen molar-refractivity contribution in [1.82, 2.24) is 20.1 Å². The smallest absolute Gasteiger partial charge is 0.429 e. The van der Waals surface area contributed by atoms with Crippen LogP contribution in [0, 0.1) is 19.5 Å². The van der Waals surface area contributed by atoms with Crippen molar-refractivity contribution in [2.24, 2.45) is 0 Å². The lowest BCUT2D eigenvalue weighted by Crippen LogP contribution is -2.29. The van der Waals surface area contributed by atoms with Gasteiger partial charge in [-0.1, -0.05) is 6.07 Å². The summed E-state index contributed by atoms with van der Waals surface area (Å²) in [5.74, 6) is -2.94. The van der Waals surface area contributed by atoms with Gasteiger partial charge in [0.15, 0.2) is 11.6 Å². The summed E-state index contributed by atoms with van der Waals surface area (Å²) in [6, 6.07) is 0.616. The molecule has 0 bridgehead atoms. The molecular formula is C23H25F4N5O. The molecule has 0 saturated carbocycles. The fourth-order valence-corrected chi connectivity index (χ4v) is 3.28. The fourth-order valence-electron chi connectivity index (χ4n) is 3.28. The number of nitrogens with two attached hydrogens (primary N) is 1. The maximum absolute atomic E-state index is 14.8. The van der Waals surface area contributed by atoms with E-state index in [0.29, 0.717) is 12.1 Å². The number of hydrogen-bond acceptors (Lipinski definition) is 5. The molecule has 6 nitrogen and oxygen atoms in total. The maximum Gasteiger partial charge on any atom is 0.429 e. The van der Waals surface area contributed by atoms with Gasteiger partial charge in [-0.3, -0.25) is 4.68 Å². The number of aromatic nitrogens is 3. The average molecular weight is 474 g/mol. The van der Waals surface area contributed by atoms with E-state index in [1.54, 1.807) is 0 Å². The molecule has 1 atom stereocenters. The molecule has 0 amide bonds. The van der Waals surface area contributed by atoms with Gasteiger partial charge < -0.3 is 15.8 Å². The van der Waals surface area contributed by atoms with Crippen molar-refractivity contribution in [2.45, 2.75) is 44.8 Å². The average Bonchev–Trinajstić information content (AvgIpc) is 3.28. The Bertz CT molecular complexity index is 1490. The van der Waals surface area contributed by atoms with Gasteiger partial charge in [-0.15, -0.1) is 0 Å². The summed E-state index contributed by atoms with van der Waals surface area (Å²) in [5, 5.41) is 6.73. The molecule has 1 unspecified atom stereocenters. The number of anilines is 1. The lowest BCUT2D eigenvalue weighted by atomic mass is 9.97. The fraction of sp³-hybridized carbons (Fsp3) is 0.391. The third kappa shape index (κ3) is 4.80. The Morgan fingerprint density at radius 1 is 1.24 bits per heavy atom. The minimum Gasteiger partial charge on any atom is -0.472 e. The molecule has 0 aliphatic carbocycles. The van der Waals surface area contributed by atoms with Crippen molar-refractivity contribution in [1.29, 1.82) is 0 Å². The predicted octanol–water partition coefficient (Wildman–Crippen LogP) is 4.89. The highest BCUT2D eigenvalue weighted by atomic mass is 19.4. The third-order valence-electron chi connectivity index (χ3n) is 4.92. The number of pyridine rings is 1. The van der Waals surface area contributed by atoms with Gasteiger partial charge in [0.1, 0.15) is 5.82 Å². The second-order valence-electron chi connectivity index (χ2n) is 7.15. The first-order valence-electron chi connectivity index (χ1n) is 14.6. The van der Waals surface area contributed by atoms with Crippen molar-refractivity contribution < 1.29 is 36.0 Å². The van der Waals surface area contributed by atoms with Gasteiger partial charge in [-0.25, -0.2) is 9.37 Å². The van der Waals surface area contributed by atoms with E-state index in [1.807, 2.05) is 0 Å². The number of benzene rings is 1. The van der Waals surface area contributed by atoms with E-state index in [0.717, 1.165) is 16.9 Å². The normalized spacial score (nSPS) is 24.4. The standard InChI is InChI=1S/C23H25F4N5O/c1-13-3-4-18(24)14(2)20(13)21(23(25,26)27)33-19-9-15(10-30-22(19)28)16-11-31-32(12-16)17-5-7-29-8-6-17/h3-4,9-12,17,21,29H,5-8H2,1-2H3,(H2,28,30)/i1D3,2D3,5D2,6D2. The second kappa shape index (κ2) is 9.01. The van der Waals surface area contributed by atoms with Crippen molar-refractivity contribution in [2.75, 3.05) is 18.8 Å². The van der Waals surface area contributed by atoms with Crippen LogP contribution < -0.4 is 15.8 Å². The van der Waals surface area contributed by atoms with Crippen LogP contribution in [0.1, 0.15) is 55.3 Å². The zero-order valence-electron chi connectivity index (χ0n) is 26.9. The Morgan fingerprint density at radius 2 is 2.03 bits per heavy atom.